The molecule has 1 aromatic heterocycles. The molecule has 1 amide bonds. The Morgan fingerprint density at radius 2 is 2.08 bits per heavy atom. The fourth-order valence-corrected chi connectivity index (χ4v) is 3.04. The molecule has 1 aromatic carbocycles. The molecule has 8 nitrogen and oxygen atoms in total. The Hall–Kier alpha value is -2.84. The van der Waals surface area contributed by atoms with Crippen LogP contribution >= 0.6 is 0 Å². The minimum atomic E-state index is -0.269. The number of hydroxylamine groups is 2. The number of fused-ring (bicyclic) bond motifs is 5. The molecule has 0 fully saturated rings. The fraction of sp³-hybridized carbons (Fsp3) is 0.250. The van der Waals surface area contributed by atoms with E-state index in [4.69, 9.17) is 4.84 Å². The average molecular weight is 326 g/mol. The summed E-state index contributed by atoms with van der Waals surface area (Å²) in [5.41, 5.74) is 11.5. The molecule has 2 N–H and O–H groups in total. The number of anilines is 1. The second-order valence-electron chi connectivity index (χ2n) is 5.70. The summed E-state index contributed by atoms with van der Waals surface area (Å²) in [4.78, 5) is 21.9. The van der Waals surface area contributed by atoms with Crippen molar-refractivity contribution >= 4 is 11.6 Å². The minimum absolute atomic E-state index is 0.269. The van der Waals surface area contributed by atoms with Gasteiger partial charge in [0.1, 0.15) is 6.33 Å². The van der Waals surface area contributed by atoms with Crippen LogP contribution in [0.2, 0.25) is 0 Å². The highest BCUT2D eigenvalue weighted by Crippen LogP contribution is 2.35. The number of nitrogens with one attached hydrogen (secondary N) is 2. The van der Waals surface area contributed by atoms with Gasteiger partial charge in [0.05, 0.1) is 29.9 Å². The lowest BCUT2D eigenvalue weighted by atomic mass is 10.1. The molecule has 2 aliphatic rings. The number of hydrogen-bond donors (Lipinski definition) is 2. The van der Waals surface area contributed by atoms with Crippen LogP contribution in [0.25, 0.3) is 5.69 Å². The van der Waals surface area contributed by atoms with Gasteiger partial charge in [-0.15, -0.1) is 5.53 Å². The number of hydrogen-bond acceptors (Lipinski definition) is 6. The summed E-state index contributed by atoms with van der Waals surface area (Å²) in [6.07, 6.45) is 2.26. The first-order valence-electron chi connectivity index (χ1n) is 7.61. The zero-order valence-electron chi connectivity index (χ0n) is 13.7. The normalized spacial score (nSPS) is 15.4. The Bertz CT molecular complexity index is 856. The summed E-state index contributed by atoms with van der Waals surface area (Å²) in [5, 5.41) is 3.19. The Morgan fingerprint density at radius 3 is 2.83 bits per heavy atom. The molecule has 0 atom stereocenters. The van der Waals surface area contributed by atoms with Gasteiger partial charge in [0.2, 0.25) is 0 Å². The number of nitrogens with zero attached hydrogens (tertiary/aromatic N) is 4. The van der Waals surface area contributed by atoms with Crippen molar-refractivity contribution in [3.63, 3.8) is 0 Å². The van der Waals surface area contributed by atoms with E-state index in [1.165, 1.54) is 12.2 Å². The number of rotatable bonds is 2. The summed E-state index contributed by atoms with van der Waals surface area (Å²) < 4.78 is 1.96. The van der Waals surface area contributed by atoms with E-state index in [0.717, 1.165) is 28.5 Å². The maximum absolute atomic E-state index is 12.6. The molecule has 4 rings (SSSR count). The molecule has 2 aromatic rings. The number of para-hydroxylation sites is 2. The summed E-state index contributed by atoms with van der Waals surface area (Å²) in [7, 11) is 3.04. The van der Waals surface area contributed by atoms with E-state index in [-0.39, 0.29) is 5.91 Å². The topological polar surface area (TPSA) is 74.7 Å². The highest BCUT2D eigenvalue weighted by Gasteiger charge is 2.32. The van der Waals surface area contributed by atoms with E-state index in [9.17, 15) is 4.79 Å². The van der Waals surface area contributed by atoms with Gasteiger partial charge in [-0.25, -0.2) is 10.0 Å². The Balaban J connectivity index is 1.93. The summed E-state index contributed by atoms with van der Waals surface area (Å²) in [6.45, 7) is 2.00. The fourth-order valence-electron chi connectivity index (χ4n) is 3.04. The molecule has 8 heteroatoms. The van der Waals surface area contributed by atoms with Crippen LogP contribution in [0.1, 0.15) is 23.1 Å². The van der Waals surface area contributed by atoms with Crippen molar-refractivity contribution in [1.82, 2.24) is 25.6 Å². The minimum Gasteiger partial charge on any atom is -0.306 e. The van der Waals surface area contributed by atoms with Gasteiger partial charge in [-0.3, -0.25) is 19.2 Å². The van der Waals surface area contributed by atoms with Gasteiger partial charge in [0, 0.05) is 19.2 Å². The molecular weight excluding hydrogens is 308 g/mol. The lowest BCUT2D eigenvalue weighted by Gasteiger charge is -2.20. The Labute approximate surface area is 139 Å². The maximum atomic E-state index is 12.6. The number of carbonyl (C=O) groups excluding carboxylic acids is 1. The van der Waals surface area contributed by atoms with Gasteiger partial charge >= 0.3 is 0 Å². The highest BCUT2D eigenvalue weighted by molar-refractivity contribution is 5.93. The summed E-state index contributed by atoms with van der Waals surface area (Å²) >= 11 is 0. The van der Waals surface area contributed by atoms with Crippen LogP contribution in [-0.2, 0) is 11.3 Å². The third-order valence-electron chi connectivity index (χ3n) is 4.40. The standard InChI is InChI=1S/C16H18N6O2/c1-10-13-8-14-15(16(23)20(2)24-3)17-9-21(14)11-6-4-5-7-12(11)22(13)19-18-10/h4-7,9,18-19H,8H2,1-3H3. The number of aromatic nitrogens is 2. The maximum Gasteiger partial charge on any atom is 0.297 e. The zero-order valence-corrected chi connectivity index (χ0v) is 13.7. The van der Waals surface area contributed by atoms with Crippen molar-refractivity contribution < 1.29 is 9.63 Å². The number of imidazole rings is 1. The molecule has 0 saturated carbocycles. The summed E-state index contributed by atoms with van der Waals surface area (Å²) in [5.74, 6) is -0.269. The van der Waals surface area contributed by atoms with Gasteiger partial charge in [0.15, 0.2) is 5.69 Å². The van der Waals surface area contributed by atoms with Gasteiger partial charge in [-0.05, 0) is 19.1 Å². The third-order valence-corrected chi connectivity index (χ3v) is 4.40. The van der Waals surface area contributed by atoms with Gasteiger partial charge in [0.25, 0.3) is 5.91 Å². The molecule has 0 bridgehead atoms. The van der Waals surface area contributed by atoms with E-state index < -0.39 is 0 Å². The average Bonchev–Trinajstić information content (AvgIpc) is 3.15. The number of amides is 1. The van der Waals surface area contributed by atoms with E-state index in [1.54, 1.807) is 13.4 Å². The number of carbonyl (C=O) groups is 1. The van der Waals surface area contributed by atoms with Crippen LogP contribution < -0.4 is 16.0 Å². The molecule has 24 heavy (non-hydrogen) atoms. The molecular formula is C16H18N6O2. The molecule has 2 aliphatic heterocycles. The van der Waals surface area contributed by atoms with E-state index in [0.29, 0.717) is 12.1 Å². The van der Waals surface area contributed by atoms with Crippen molar-refractivity contribution in [2.24, 2.45) is 0 Å². The molecule has 124 valence electrons. The number of allylic oxidation sites excluding steroid dienone is 2. The molecule has 0 aliphatic carbocycles. The smallest absolute Gasteiger partial charge is 0.297 e. The molecule has 0 unspecified atom stereocenters. The second kappa shape index (κ2) is 5.36. The van der Waals surface area contributed by atoms with E-state index in [2.05, 4.69) is 15.9 Å². The van der Waals surface area contributed by atoms with Crippen LogP contribution in [0.5, 0.6) is 0 Å². The number of benzene rings is 1. The highest BCUT2D eigenvalue weighted by atomic mass is 16.7. The first kappa shape index (κ1) is 14.7. The van der Waals surface area contributed by atoms with Crippen molar-refractivity contribution in [2.75, 3.05) is 19.2 Å². The van der Waals surface area contributed by atoms with Crippen LogP contribution in [0.3, 0.4) is 0 Å². The van der Waals surface area contributed by atoms with Crippen LogP contribution in [0.4, 0.5) is 5.69 Å². The molecule has 3 heterocycles. The van der Waals surface area contributed by atoms with E-state index in [1.807, 2.05) is 40.8 Å². The first-order valence-corrected chi connectivity index (χ1v) is 7.61. The van der Waals surface area contributed by atoms with Crippen molar-refractivity contribution in [3.05, 3.63) is 53.4 Å². The molecule has 0 radical (unpaired) electrons. The Morgan fingerprint density at radius 1 is 1.33 bits per heavy atom. The van der Waals surface area contributed by atoms with Crippen molar-refractivity contribution in [3.8, 4) is 5.69 Å². The first-order chi connectivity index (χ1) is 11.6. The van der Waals surface area contributed by atoms with Crippen LogP contribution in [-0.4, -0.2) is 34.7 Å². The lowest BCUT2D eigenvalue weighted by molar-refractivity contribution is -0.0760. The van der Waals surface area contributed by atoms with Crippen molar-refractivity contribution in [2.45, 2.75) is 13.3 Å². The number of hydrazine groups is 2. The lowest BCUT2D eigenvalue weighted by Crippen LogP contribution is -2.38. The molecule has 0 saturated heterocycles. The van der Waals surface area contributed by atoms with Crippen LogP contribution in [0, 0.1) is 0 Å². The van der Waals surface area contributed by atoms with Crippen LogP contribution in [0.15, 0.2) is 42.0 Å². The summed E-state index contributed by atoms with van der Waals surface area (Å²) in [6, 6.07) is 7.99. The Kier molecular flexibility index (Phi) is 3.29. The monoisotopic (exact) mass is 326 g/mol. The largest absolute Gasteiger partial charge is 0.306 e. The third kappa shape index (κ3) is 2.00. The van der Waals surface area contributed by atoms with E-state index >= 15 is 0 Å². The van der Waals surface area contributed by atoms with Gasteiger partial charge < -0.3 is 5.43 Å². The van der Waals surface area contributed by atoms with Crippen molar-refractivity contribution in [1.29, 1.82) is 0 Å². The molecule has 0 spiro atoms. The van der Waals surface area contributed by atoms with Gasteiger partial charge in [-0.1, -0.05) is 12.1 Å². The predicted molar refractivity (Wildman–Crippen MR) is 87.8 cm³/mol. The SMILES string of the molecule is CON(C)C(=O)c1ncn2c1CC1=C(C)NNN1c1ccccc1-2. The second-order valence-corrected chi connectivity index (χ2v) is 5.70. The zero-order chi connectivity index (χ0) is 16.8. The van der Waals surface area contributed by atoms with Gasteiger partial charge in [-0.2, -0.15) is 0 Å². The quantitative estimate of drug-likeness (QED) is 0.806. The predicted octanol–water partition coefficient (Wildman–Crippen LogP) is 1.12.